The molecule has 2 heterocycles. The third kappa shape index (κ3) is 6.12. The number of para-hydroxylation sites is 1. The number of hydrogen-bond acceptors (Lipinski definition) is 6. The lowest BCUT2D eigenvalue weighted by Crippen LogP contribution is -2.64. The van der Waals surface area contributed by atoms with Crippen molar-refractivity contribution in [1.29, 1.82) is 0 Å². The van der Waals surface area contributed by atoms with E-state index < -0.39 is 53.8 Å². The van der Waals surface area contributed by atoms with E-state index in [1.54, 1.807) is 30.3 Å². The van der Waals surface area contributed by atoms with Gasteiger partial charge in [-0.1, -0.05) is 48.5 Å². The quantitative estimate of drug-likeness (QED) is 0.202. The Kier molecular flexibility index (Phi) is 8.49. The summed E-state index contributed by atoms with van der Waals surface area (Å²) in [6, 6.07) is 15.3. The molecule has 1 saturated heterocycles. The first kappa shape index (κ1) is 28.3. The van der Waals surface area contributed by atoms with Crippen molar-refractivity contribution in [2.45, 2.75) is 49.9 Å². The molecule has 1 aliphatic rings. The highest BCUT2D eigenvalue weighted by Crippen LogP contribution is 2.29. The molecule has 2 aromatic carbocycles. The molecule has 4 rings (SSSR count). The highest BCUT2D eigenvalue weighted by Gasteiger charge is 2.56. The van der Waals surface area contributed by atoms with Crippen molar-refractivity contribution in [1.82, 2.24) is 20.5 Å². The van der Waals surface area contributed by atoms with Crippen LogP contribution in [0.5, 0.6) is 0 Å². The lowest BCUT2D eigenvalue weighted by atomic mass is 10.0. The molecule has 4 amide bonds. The summed E-state index contributed by atoms with van der Waals surface area (Å²) in [7, 11) is 0. The van der Waals surface area contributed by atoms with Crippen molar-refractivity contribution >= 4 is 40.5 Å². The number of aromatic nitrogens is 1. The van der Waals surface area contributed by atoms with Gasteiger partial charge in [0.1, 0.15) is 11.7 Å². The number of H-pyrrole nitrogens is 1. The molecule has 0 aliphatic carbocycles. The number of likely N-dealkylation sites (tertiary alicyclic amines) is 1. The zero-order valence-electron chi connectivity index (χ0n) is 21.6. The van der Waals surface area contributed by atoms with Gasteiger partial charge in [-0.15, -0.1) is 0 Å². The Balaban J connectivity index is 1.43. The van der Waals surface area contributed by atoms with Gasteiger partial charge in [-0.2, -0.15) is 0 Å². The molecule has 12 heteroatoms. The minimum atomic E-state index is -2.71. The number of carbonyl (C=O) groups excluding carboxylic acids is 4. The molecular weight excluding hydrogens is 518 g/mol. The molecule has 210 valence electrons. The number of carboxylic acid groups (broad SMARTS) is 1. The number of carboxylic acids is 1. The van der Waals surface area contributed by atoms with Crippen LogP contribution < -0.4 is 16.4 Å². The van der Waals surface area contributed by atoms with E-state index in [4.69, 9.17) is 5.73 Å². The van der Waals surface area contributed by atoms with E-state index in [0.717, 1.165) is 15.8 Å². The molecule has 1 fully saturated rings. The number of rotatable bonds is 11. The van der Waals surface area contributed by atoms with Gasteiger partial charge < -0.3 is 36.5 Å². The molecule has 3 atom stereocenters. The molecule has 1 aromatic heterocycles. The number of nitrogens with two attached hydrogens (primary N) is 1. The number of amides is 4. The molecule has 1 aliphatic heterocycles. The molecule has 0 saturated carbocycles. The third-order valence-corrected chi connectivity index (χ3v) is 6.97. The number of benzene rings is 2. The number of nitrogens with one attached hydrogen (secondary N) is 3. The second kappa shape index (κ2) is 12.0. The van der Waals surface area contributed by atoms with E-state index in [1.165, 1.54) is 0 Å². The maximum Gasteiger partial charge on any atom is 0.359 e. The van der Waals surface area contributed by atoms with Gasteiger partial charge in [0.15, 0.2) is 0 Å². The molecule has 7 N–H and O–H groups in total. The van der Waals surface area contributed by atoms with Gasteiger partial charge in [0.25, 0.3) is 11.6 Å². The lowest BCUT2D eigenvalue weighted by Gasteiger charge is -2.34. The van der Waals surface area contributed by atoms with E-state index in [1.807, 2.05) is 30.3 Å². The largest absolute Gasteiger partial charge is 0.478 e. The number of fused-ring (bicyclic) bond motifs is 1. The van der Waals surface area contributed by atoms with Crippen molar-refractivity contribution in [3.05, 3.63) is 71.9 Å². The summed E-state index contributed by atoms with van der Waals surface area (Å²) in [4.78, 5) is 66.5. The van der Waals surface area contributed by atoms with Crippen molar-refractivity contribution in [2.75, 3.05) is 6.54 Å². The Labute approximate surface area is 229 Å². The minimum absolute atomic E-state index is 0.00396. The molecular formula is C28H31N5O7. The summed E-state index contributed by atoms with van der Waals surface area (Å²) in [6.07, 6.45) is 0.399. The molecule has 12 nitrogen and oxygen atoms in total. The fourth-order valence-electron chi connectivity index (χ4n) is 4.91. The molecule has 0 spiro atoms. The zero-order valence-corrected chi connectivity index (χ0v) is 21.6. The minimum Gasteiger partial charge on any atom is -0.478 e. The maximum atomic E-state index is 13.1. The molecule has 0 bridgehead atoms. The number of carbonyl (C=O) groups is 5. The summed E-state index contributed by atoms with van der Waals surface area (Å²) in [5.41, 5.74) is 4.43. The van der Waals surface area contributed by atoms with Crippen molar-refractivity contribution < 1.29 is 34.2 Å². The van der Waals surface area contributed by atoms with E-state index in [-0.39, 0.29) is 25.1 Å². The first-order valence-electron chi connectivity index (χ1n) is 12.9. The topological polar surface area (TPSA) is 195 Å². The van der Waals surface area contributed by atoms with Crippen LogP contribution in [0, 0.1) is 0 Å². The van der Waals surface area contributed by atoms with Crippen LogP contribution in [-0.2, 0) is 25.6 Å². The van der Waals surface area contributed by atoms with Gasteiger partial charge >= 0.3 is 5.97 Å². The average Bonchev–Trinajstić information content (AvgIpc) is 3.51. The molecule has 0 unspecified atom stereocenters. The number of aliphatic hydroxyl groups is 1. The van der Waals surface area contributed by atoms with E-state index >= 15 is 0 Å². The number of hydrogen-bond donors (Lipinski definition) is 6. The first-order valence-corrected chi connectivity index (χ1v) is 12.9. The molecule has 3 aromatic rings. The summed E-state index contributed by atoms with van der Waals surface area (Å²) in [5.74, 6) is -4.77. The van der Waals surface area contributed by atoms with Crippen LogP contribution in [0.15, 0.2) is 60.7 Å². The normalized spacial score (nSPS) is 19.2. The average molecular weight is 550 g/mol. The summed E-state index contributed by atoms with van der Waals surface area (Å²) < 4.78 is 0. The third-order valence-electron chi connectivity index (χ3n) is 6.97. The second-order valence-corrected chi connectivity index (χ2v) is 9.73. The molecule has 40 heavy (non-hydrogen) atoms. The van der Waals surface area contributed by atoms with Crippen LogP contribution in [-0.4, -0.2) is 74.0 Å². The van der Waals surface area contributed by atoms with Gasteiger partial charge in [0.2, 0.25) is 17.7 Å². The van der Waals surface area contributed by atoms with Crippen LogP contribution in [0.3, 0.4) is 0 Å². The lowest BCUT2D eigenvalue weighted by molar-refractivity contribution is -0.186. The Morgan fingerprint density at radius 1 is 1.07 bits per heavy atom. The van der Waals surface area contributed by atoms with Crippen molar-refractivity contribution in [2.24, 2.45) is 5.73 Å². The predicted octanol–water partition coefficient (Wildman–Crippen LogP) is 0.655. The van der Waals surface area contributed by atoms with Gasteiger partial charge in [-0.3, -0.25) is 19.2 Å². The molecule has 0 radical (unpaired) electrons. The van der Waals surface area contributed by atoms with Gasteiger partial charge in [0.05, 0.1) is 12.5 Å². The van der Waals surface area contributed by atoms with Gasteiger partial charge in [-0.25, -0.2) is 4.79 Å². The number of nitrogens with zero attached hydrogens (tertiary/aromatic N) is 1. The van der Waals surface area contributed by atoms with E-state index in [9.17, 15) is 34.2 Å². The van der Waals surface area contributed by atoms with Crippen LogP contribution in [0.1, 0.15) is 41.7 Å². The van der Waals surface area contributed by atoms with E-state index in [2.05, 4.69) is 15.6 Å². The highest BCUT2D eigenvalue weighted by molar-refractivity contribution is 6.01. The Bertz CT molecular complexity index is 1390. The van der Waals surface area contributed by atoms with Gasteiger partial charge in [0, 0.05) is 23.9 Å². The predicted molar refractivity (Wildman–Crippen MR) is 144 cm³/mol. The second-order valence-electron chi connectivity index (χ2n) is 9.73. The Morgan fingerprint density at radius 3 is 2.45 bits per heavy atom. The highest BCUT2D eigenvalue weighted by atomic mass is 16.4. The summed E-state index contributed by atoms with van der Waals surface area (Å²) in [5, 5.41) is 26.6. The van der Waals surface area contributed by atoms with Crippen molar-refractivity contribution in [3.8, 4) is 0 Å². The monoisotopic (exact) mass is 549 g/mol. The number of aryl methyl sites for hydroxylation is 1. The summed E-state index contributed by atoms with van der Waals surface area (Å²) >= 11 is 0. The number of primary amides is 1. The fraction of sp³-hybridized carbons (Fsp3) is 0.321. The standard InChI is InChI=1S/C28H31N5O7/c29-23(34)16-21(31-25(36)20-15-18-10-4-5-11-19(18)30-20)26(37)32-22-13-14-33(28(22,40)27(38)39)24(35)12-6-9-17-7-2-1-3-8-17/h1-5,7-8,10-11,15,21-22,30,40H,6,9,12-14,16H2,(H2,29,34)(H,31,36)(H,32,37)(H,38,39)/t21-,22-,28-/m0/s1. The van der Waals surface area contributed by atoms with Crippen LogP contribution in [0.2, 0.25) is 0 Å². The van der Waals surface area contributed by atoms with E-state index in [0.29, 0.717) is 18.4 Å². The van der Waals surface area contributed by atoms with Crippen LogP contribution >= 0.6 is 0 Å². The first-order chi connectivity index (χ1) is 19.1. The van der Waals surface area contributed by atoms with Crippen LogP contribution in [0.4, 0.5) is 0 Å². The van der Waals surface area contributed by atoms with Crippen LogP contribution in [0.25, 0.3) is 10.9 Å². The zero-order chi connectivity index (χ0) is 28.9. The fourth-order valence-corrected chi connectivity index (χ4v) is 4.91. The SMILES string of the molecule is NC(=O)C[C@H](NC(=O)c1cc2ccccc2[nH]1)C(=O)N[C@H]1CCN(C(=O)CCCc2ccccc2)[C@@]1(O)C(=O)O. The Morgan fingerprint density at radius 2 is 1.77 bits per heavy atom. The Hall–Kier alpha value is -4.71. The maximum absolute atomic E-state index is 13.1. The number of aliphatic carboxylic acids is 1. The van der Waals surface area contributed by atoms with Crippen molar-refractivity contribution in [3.63, 3.8) is 0 Å². The van der Waals surface area contributed by atoms with Gasteiger partial charge in [-0.05, 0) is 37.0 Å². The smallest absolute Gasteiger partial charge is 0.359 e. The number of aromatic amines is 1. The summed E-state index contributed by atoms with van der Waals surface area (Å²) in [6.45, 7) is -0.111.